The molecule has 1 aromatic carbocycles. The van der Waals surface area contributed by atoms with Crippen LogP contribution in [0.1, 0.15) is 13.3 Å². The van der Waals surface area contributed by atoms with Crippen molar-refractivity contribution in [2.45, 2.75) is 13.3 Å². The number of benzene rings is 1. The molecule has 0 aliphatic rings. The lowest BCUT2D eigenvalue weighted by Crippen LogP contribution is -2.29. The number of nitrogens with zero attached hydrogens (tertiary/aromatic N) is 3. The van der Waals surface area contributed by atoms with E-state index in [4.69, 9.17) is 4.42 Å². The molecule has 1 heterocycles. The number of amides is 2. The van der Waals surface area contributed by atoms with Crippen molar-refractivity contribution in [1.29, 1.82) is 0 Å². The Bertz CT molecular complexity index is 592. The van der Waals surface area contributed by atoms with Gasteiger partial charge in [-0.2, -0.15) is 0 Å². The number of anilines is 2. The summed E-state index contributed by atoms with van der Waals surface area (Å²) < 4.78 is 5.51. The van der Waals surface area contributed by atoms with Crippen molar-refractivity contribution >= 4 is 17.7 Å². The second-order valence-corrected chi connectivity index (χ2v) is 4.74. The average molecular weight is 289 g/mol. The summed E-state index contributed by atoms with van der Waals surface area (Å²) in [7, 11) is 3.67. The quantitative estimate of drug-likeness (QED) is 0.882. The van der Waals surface area contributed by atoms with E-state index in [0.29, 0.717) is 24.1 Å². The lowest BCUT2D eigenvalue weighted by molar-refractivity contribution is 0.252. The summed E-state index contributed by atoms with van der Waals surface area (Å²) in [5, 5.41) is 13.4. The first kappa shape index (κ1) is 14.8. The summed E-state index contributed by atoms with van der Waals surface area (Å²) in [6.07, 6.45) is 0.901. The van der Waals surface area contributed by atoms with Crippen LogP contribution in [0.4, 0.5) is 16.5 Å². The fraction of sp³-hybridized carbons (Fsp3) is 0.357. The Morgan fingerprint density at radius 3 is 2.52 bits per heavy atom. The highest BCUT2D eigenvalue weighted by Gasteiger charge is 2.10. The standard InChI is InChI=1S/C14H19N5O2/c1-4-9-15-13(20)16-11-7-5-10(6-8-11)12-17-18-14(21-12)19(2)3/h5-8H,4,9H2,1-3H3,(H2,15,16,20). The fourth-order valence-corrected chi connectivity index (χ4v) is 1.62. The highest BCUT2D eigenvalue weighted by atomic mass is 16.4. The van der Waals surface area contributed by atoms with Crippen LogP contribution in [0.3, 0.4) is 0 Å². The Hall–Kier alpha value is -2.57. The molecule has 0 fully saturated rings. The van der Waals surface area contributed by atoms with Gasteiger partial charge in [0.25, 0.3) is 0 Å². The van der Waals surface area contributed by atoms with E-state index in [2.05, 4.69) is 20.8 Å². The zero-order valence-electron chi connectivity index (χ0n) is 12.4. The molecule has 0 aliphatic carbocycles. The van der Waals surface area contributed by atoms with Crippen LogP contribution in [0.15, 0.2) is 28.7 Å². The number of hydrogen-bond donors (Lipinski definition) is 2. The summed E-state index contributed by atoms with van der Waals surface area (Å²) in [5.41, 5.74) is 1.51. The van der Waals surface area contributed by atoms with Crippen molar-refractivity contribution in [1.82, 2.24) is 15.5 Å². The summed E-state index contributed by atoms with van der Waals surface area (Å²) in [6.45, 7) is 2.65. The van der Waals surface area contributed by atoms with Crippen LogP contribution in [-0.4, -0.2) is 36.9 Å². The molecule has 2 aromatic rings. The van der Waals surface area contributed by atoms with Gasteiger partial charge < -0.3 is 20.0 Å². The highest BCUT2D eigenvalue weighted by molar-refractivity contribution is 5.89. The largest absolute Gasteiger partial charge is 0.403 e. The molecule has 2 amide bonds. The summed E-state index contributed by atoms with van der Waals surface area (Å²) in [4.78, 5) is 13.3. The van der Waals surface area contributed by atoms with Crippen molar-refractivity contribution in [3.05, 3.63) is 24.3 Å². The Balaban J connectivity index is 2.02. The minimum atomic E-state index is -0.211. The molecule has 7 heteroatoms. The molecular formula is C14H19N5O2. The Morgan fingerprint density at radius 1 is 1.24 bits per heavy atom. The van der Waals surface area contributed by atoms with Gasteiger partial charge in [-0.15, -0.1) is 5.10 Å². The number of aromatic nitrogens is 2. The maximum Gasteiger partial charge on any atom is 0.319 e. The summed E-state index contributed by atoms with van der Waals surface area (Å²) >= 11 is 0. The number of urea groups is 1. The molecule has 7 nitrogen and oxygen atoms in total. The van der Waals surface area contributed by atoms with Gasteiger partial charge in [0.1, 0.15) is 0 Å². The predicted molar refractivity (Wildman–Crippen MR) is 81.4 cm³/mol. The van der Waals surface area contributed by atoms with Crippen LogP contribution in [0.2, 0.25) is 0 Å². The normalized spacial score (nSPS) is 10.2. The van der Waals surface area contributed by atoms with Crippen LogP contribution in [0.25, 0.3) is 11.5 Å². The zero-order valence-corrected chi connectivity index (χ0v) is 12.4. The van der Waals surface area contributed by atoms with Crippen molar-refractivity contribution in [2.75, 3.05) is 30.9 Å². The molecule has 0 aliphatic heterocycles. The van der Waals surface area contributed by atoms with Gasteiger partial charge in [0.05, 0.1) is 0 Å². The maximum absolute atomic E-state index is 11.5. The number of carbonyl (C=O) groups excluding carboxylic acids is 1. The predicted octanol–water partition coefficient (Wildman–Crippen LogP) is 2.33. The average Bonchev–Trinajstić information content (AvgIpc) is 2.96. The van der Waals surface area contributed by atoms with Crippen LogP contribution < -0.4 is 15.5 Å². The van der Waals surface area contributed by atoms with Gasteiger partial charge in [0, 0.05) is 31.9 Å². The molecule has 0 saturated heterocycles. The number of rotatable bonds is 5. The zero-order chi connectivity index (χ0) is 15.2. The Morgan fingerprint density at radius 2 is 1.95 bits per heavy atom. The first-order chi connectivity index (χ1) is 10.1. The molecule has 0 unspecified atom stereocenters. The van der Waals surface area contributed by atoms with Crippen LogP contribution in [0, 0.1) is 0 Å². The highest BCUT2D eigenvalue weighted by Crippen LogP contribution is 2.22. The third kappa shape index (κ3) is 3.95. The number of carbonyl (C=O) groups is 1. The summed E-state index contributed by atoms with van der Waals surface area (Å²) in [6, 6.07) is 7.47. The third-order valence-electron chi connectivity index (χ3n) is 2.72. The van der Waals surface area contributed by atoms with Gasteiger partial charge in [0.15, 0.2) is 0 Å². The van der Waals surface area contributed by atoms with Crippen molar-refractivity contribution in [3.8, 4) is 11.5 Å². The number of nitrogens with one attached hydrogen (secondary N) is 2. The minimum absolute atomic E-state index is 0.211. The summed E-state index contributed by atoms with van der Waals surface area (Å²) in [5.74, 6) is 0.445. The lowest BCUT2D eigenvalue weighted by Gasteiger charge is -2.06. The van der Waals surface area contributed by atoms with E-state index in [9.17, 15) is 4.79 Å². The minimum Gasteiger partial charge on any atom is -0.403 e. The van der Waals surface area contributed by atoms with Gasteiger partial charge >= 0.3 is 12.0 Å². The van der Waals surface area contributed by atoms with E-state index < -0.39 is 0 Å². The van der Waals surface area contributed by atoms with E-state index in [1.54, 1.807) is 17.0 Å². The molecular weight excluding hydrogens is 270 g/mol. The van der Waals surface area contributed by atoms with Crippen molar-refractivity contribution < 1.29 is 9.21 Å². The molecule has 0 saturated carbocycles. The third-order valence-corrected chi connectivity index (χ3v) is 2.72. The van der Waals surface area contributed by atoms with E-state index in [0.717, 1.165) is 12.0 Å². The number of hydrogen-bond acceptors (Lipinski definition) is 5. The van der Waals surface area contributed by atoms with Gasteiger partial charge in [0.2, 0.25) is 5.89 Å². The van der Waals surface area contributed by atoms with Crippen LogP contribution >= 0.6 is 0 Å². The fourth-order valence-electron chi connectivity index (χ4n) is 1.62. The van der Waals surface area contributed by atoms with Gasteiger partial charge in [-0.1, -0.05) is 12.0 Å². The van der Waals surface area contributed by atoms with E-state index in [1.165, 1.54) is 0 Å². The van der Waals surface area contributed by atoms with Crippen LogP contribution in [-0.2, 0) is 0 Å². The van der Waals surface area contributed by atoms with Crippen LogP contribution in [0.5, 0.6) is 0 Å². The van der Waals surface area contributed by atoms with E-state index in [1.807, 2.05) is 33.2 Å². The first-order valence-corrected chi connectivity index (χ1v) is 6.76. The topological polar surface area (TPSA) is 83.3 Å². The lowest BCUT2D eigenvalue weighted by atomic mass is 10.2. The van der Waals surface area contributed by atoms with Gasteiger partial charge in [-0.3, -0.25) is 0 Å². The van der Waals surface area contributed by atoms with E-state index >= 15 is 0 Å². The molecule has 112 valence electrons. The SMILES string of the molecule is CCCNC(=O)Nc1ccc(-c2nnc(N(C)C)o2)cc1. The van der Waals surface area contributed by atoms with Gasteiger partial charge in [-0.05, 0) is 30.7 Å². The maximum atomic E-state index is 11.5. The molecule has 0 atom stereocenters. The Labute approximate surface area is 123 Å². The van der Waals surface area contributed by atoms with Crippen molar-refractivity contribution in [2.24, 2.45) is 0 Å². The second kappa shape index (κ2) is 6.74. The molecule has 21 heavy (non-hydrogen) atoms. The molecule has 0 radical (unpaired) electrons. The van der Waals surface area contributed by atoms with Crippen molar-refractivity contribution in [3.63, 3.8) is 0 Å². The molecule has 1 aromatic heterocycles. The van der Waals surface area contributed by atoms with Gasteiger partial charge in [-0.25, -0.2) is 4.79 Å². The molecule has 2 rings (SSSR count). The molecule has 0 spiro atoms. The first-order valence-electron chi connectivity index (χ1n) is 6.76. The molecule has 2 N–H and O–H groups in total. The molecule has 0 bridgehead atoms. The second-order valence-electron chi connectivity index (χ2n) is 4.74. The monoisotopic (exact) mass is 289 g/mol. The Kier molecular flexibility index (Phi) is 4.76. The van der Waals surface area contributed by atoms with E-state index in [-0.39, 0.29) is 6.03 Å². The smallest absolute Gasteiger partial charge is 0.319 e.